The third-order valence-electron chi connectivity index (χ3n) is 9.67. The number of hydrogen-bond donors (Lipinski definition) is 0. The molecule has 5 heteroatoms. The van der Waals surface area contributed by atoms with Gasteiger partial charge in [-0.3, -0.25) is 13.6 Å². The maximum Gasteiger partial charge on any atom is 0.474 e. The predicted octanol–water partition coefficient (Wildman–Crippen LogP) is 15.5. The first-order chi connectivity index (χ1) is 22.2. The maximum absolute atomic E-state index is 14.0. The maximum atomic E-state index is 14.0. The lowest BCUT2D eigenvalue weighted by Gasteiger charge is -2.32. The Morgan fingerprint density at radius 1 is 0.489 bits per heavy atom. The van der Waals surface area contributed by atoms with Crippen molar-refractivity contribution in [3.05, 3.63) is 0 Å². The highest BCUT2D eigenvalue weighted by Gasteiger charge is 2.31. The lowest BCUT2D eigenvalue weighted by atomic mass is 9.76. The van der Waals surface area contributed by atoms with Crippen LogP contribution in [-0.2, 0) is 18.1 Å². The van der Waals surface area contributed by atoms with Gasteiger partial charge in [-0.05, 0) is 60.7 Å². The van der Waals surface area contributed by atoms with Gasteiger partial charge in [0, 0.05) is 0 Å². The van der Waals surface area contributed by atoms with Gasteiger partial charge in [-0.2, -0.15) is 0 Å². The minimum Gasteiger partial charge on any atom is -0.287 e. The molecule has 4 nitrogen and oxygen atoms in total. The van der Waals surface area contributed by atoms with E-state index in [9.17, 15) is 4.57 Å². The number of phosphoric acid groups is 1. The molecule has 0 rings (SSSR count). The summed E-state index contributed by atoms with van der Waals surface area (Å²) in [6.45, 7) is 24.6. The molecule has 47 heavy (non-hydrogen) atoms. The zero-order valence-corrected chi connectivity index (χ0v) is 34.8. The number of phosphoric ester groups is 1. The van der Waals surface area contributed by atoms with Crippen molar-refractivity contribution in [3.8, 4) is 0 Å². The van der Waals surface area contributed by atoms with Crippen LogP contribution in [0.5, 0.6) is 0 Å². The van der Waals surface area contributed by atoms with Gasteiger partial charge in [-0.15, -0.1) is 0 Å². The second-order valence-electron chi connectivity index (χ2n) is 17.7. The molecule has 0 aromatic rings. The molecule has 284 valence electrons. The molecule has 0 radical (unpaired) electrons. The van der Waals surface area contributed by atoms with E-state index in [2.05, 4.69) is 69.2 Å². The predicted molar refractivity (Wildman–Crippen MR) is 208 cm³/mol. The van der Waals surface area contributed by atoms with Gasteiger partial charge in [0.05, 0.1) is 19.8 Å². The molecular weight excluding hydrogens is 599 g/mol. The lowest BCUT2D eigenvalue weighted by Crippen LogP contribution is -2.24. The Morgan fingerprint density at radius 3 is 1.21 bits per heavy atom. The van der Waals surface area contributed by atoms with Gasteiger partial charge < -0.3 is 0 Å². The van der Waals surface area contributed by atoms with E-state index in [0.29, 0.717) is 43.0 Å². The summed E-state index contributed by atoms with van der Waals surface area (Å²) in [6.07, 6.45) is 29.9. The SMILES string of the molecule is CCCCCCCCCCCCOP(=O)(OCCCCCCCCCCCC)OCC(CCC(C)CC(C)(C)C)C(C)CC(C)(C)C. The van der Waals surface area contributed by atoms with E-state index in [0.717, 1.165) is 38.5 Å². The van der Waals surface area contributed by atoms with Crippen molar-refractivity contribution < 1.29 is 18.1 Å². The molecule has 0 heterocycles. The molecule has 0 aromatic carbocycles. The summed E-state index contributed by atoms with van der Waals surface area (Å²) in [6, 6.07) is 0. The molecule has 0 fully saturated rings. The first-order valence-electron chi connectivity index (χ1n) is 20.7. The standard InChI is InChI=1S/C42H87O4P/c1-11-13-15-17-19-21-23-25-27-29-33-44-47(43,45-34-30-28-26-24-22-20-18-16-14-12-2)46-37-40(39(4)36-42(8,9)10)32-31-38(3)35-41(5,6)7/h38-40H,11-37H2,1-10H3. The van der Waals surface area contributed by atoms with Gasteiger partial charge in [-0.1, -0.05) is 191 Å². The summed E-state index contributed by atoms with van der Waals surface area (Å²) < 4.78 is 32.3. The molecule has 0 aliphatic carbocycles. The van der Waals surface area contributed by atoms with Gasteiger partial charge in [0.2, 0.25) is 0 Å². The fourth-order valence-corrected chi connectivity index (χ4v) is 8.44. The average molecular weight is 687 g/mol. The van der Waals surface area contributed by atoms with Crippen molar-refractivity contribution in [2.75, 3.05) is 19.8 Å². The van der Waals surface area contributed by atoms with E-state index in [1.165, 1.54) is 116 Å². The Bertz CT molecular complexity index is 695. The normalized spacial score (nSPS) is 14.9. The van der Waals surface area contributed by atoms with E-state index in [4.69, 9.17) is 13.6 Å². The highest BCUT2D eigenvalue weighted by molar-refractivity contribution is 7.48. The fourth-order valence-electron chi connectivity index (χ4n) is 7.14. The Morgan fingerprint density at radius 2 is 0.851 bits per heavy atom. The van der Waals surface area contributed by atoms with Gasteiger partial charge in [0.25, 0.3) is 0 Å². The van der Waals surface area contributed by atoms with Gasteiger partial charge in [0.15, 0.2) is 0 Å². The molecule has 3 atom stereocenters. The minimum atomic E-state index is -3.60. The van der Waals surface area contributed by atoms with Gasteiger partial charge in [0.1, 0.15) is 0 Å². The van der Waals surface area contributed by atoms with E-state index in [1.54, 1.807) is 0 Å². The van der Waals surface area contributed by atoms with Crippen LogP contribution in [0.3, 0.4) is 0 Å². The van der Waals surface area contributed by atoms with E-state index >= 15 is 0 Å². The first kappa shape index (κ1) is 47.1. The molecule has 0 saturated carbocycles. The van der Waals surface area contributed by atoms with Crippen LogP contribution in [0.2, 0.25) is 0 Å². The molecule has 3 unspecified atom stereocenters. The molecule has 0 N–H and O–H groups in total. The molecule has 0 bridgehead atoms. The van der Waals surface area contributed by atoms with Crippen molar-refractivity contribution >= 4 is 7.82 Å². The molecule has 0 saturated heterocycles. The summed E-state index contributed by atoms with van der Waals surface area (Å²) in [5, 5.41) is 0. The van der Waals surface area contributed by atoms with E-state index in [-0.39, 0.29) is 5.41 Å². The molecule has 0 amide bonds. The monoisotopic (exact) mass is 687 g/mol. The van der Waals surface area contributed by atoms with Crippen LogP contribution in [0.1, 0.15) is 223 Å². The topological polar surface area (TPSA) is 44.8 Å². The molecule has 0 spiro atoms. The summed E-state index contributed by atoms with van der Waals surface area (Å²) >= 11 is 0. The van der Waals surface area contributed by atoms with Crippen LogP contribution >= 0.6 is 7.82 Å². The van der Waals surface area contributed by atoms with E-state index < -0.39 is 7.82 Å². The summed E-state index contributed by atoms with van der Waals surface area (Å²) in [5.41, 5.74) is 0.583. The quantitative estimate of drug-likeness (QED) is 0.0509. The highest BCUT2D eigenvalue weighted by Crippen LogP contribution is 2.51. The summed E-state index contributed by atoms with van der Waals surface area (Å²) in [4.78, 5) is 0. The highest BCUT2D eigenvalue weighted by atomic mass is 31.2. The summed E-state index contributed by atoms with van der Waals surface area (Å²) in [5.74, 6) is 1.48. The van der Waals surface area contributed by atoms with Gasteiger partial charge >= 0.3 is 7.82 Å². The average Bonchev–Trinajstić information content (AvgIpc) is 2.97. The number of unbranched alkanes of at least 4 members (excludes halogenated alkanes) is 18. The number of rotatable bonds is 33. The second-order valence-corrected chi connectivity index (χ2v) is 19.4. The third-order valence-corrected chi connectivity index (χ3v) is 11.1. The van der Waals surface area contributed by atoms with Gasteiger partial charge in [-0.25, -0.2) is 4.57 Å². The Balaban J connectivity index is 5.00. The van der Waals surface area contributed by atoms with Crippen molar-refractivity contribution in [2.45, 2.75) is 223 Å². The van der Waals surface area contributed by atoms with Crippen molar-refractivity contribution in [2.24, 2.45) is 28.6 Å². The smallest absolute Gasteiger partial charge is 0.287 e. The van der Waals surface area contributed by atoms with Crippen molar-refractivity contribution in [1.82, 2.24) is 0 Å². The van der Waals surface area contributed by atoms with Crippen LogP contribution in [-0.4, -0.2) is 19.8 Å². The van der Waals surface area contributed by atoms with Crippen LogP contribution in [0.25, 0.3) is 0 Å². The van der Waals surface area contributed by atoms with Crippen molar-refractivity contribution in [3.63, 3.8) is 0 Å². The molecular formula is C42H87O4P. The lowest BCUT2D eigenvalue weighted by molar-refractivity contribution is 0.0776. The first-order valence-corrected chi connectivity index (χ1v) is 22.2. The minimum absolute atomic E-state index is 0.246. The molecule has 0 aromatic heterocycles. The zero-order chi connectivity index (χ0) is 35.4. The largest absolute Gasteiger partial charge is 0.474 e. The van der Waals surface area contributed by atoms with Crippen LogP contribution in [0, 0.1) is 28.6 Å². The summed E-state index contributed by atoms with van der Waals surface area (Å²) in [7, 11) is -3.60. The third kappa shape index (κ3) is 31.8. The molecule has 0 aliphatic heterocycles. The van der Waals surface area contributed by atoms with E-state index in [1.807, 2.05) is 0 Å². The molecule has 0 aliphatic rings. The van der Waals surface area contributed by atoms with Crippen LogP contribution < -0.4 is 0 Å². The Labute approximate surface area is 297 Å². The van der Waals surface area contributed by atoms with Crippen LogP contribution in [0.4, 0.5) is 0 Å². The van der Waals surface area contributed by atoms with Crippen molar-refractivity contribution in [1.29, 1.82) is 0 Å². The Hall–Kier alpha value is 0.110. The van der Waals surface area contributed by atoms with Crippen LogP contribution in [0.15, 0.2) is 0 Å². The fraction of sp³-hybridized carbons (Fsp3) is 1.00. The number of hydrogen-bond acceptors (Lipinski definition) is 4. The zero-order valence-electron chi connectivity index (χ0n) is 33.9. The Kier molecular flexibility index (Phi) is 28.8. The second kappa shape index (κ2) is 28.8.